The Hall–Kier alpha value is -1.44. The van der Waals surface area contributed by atoms with Gasteiger partial charge in [0.15, 0.2) is 9.84 Å². The smallest absolute Gasteiger partial charge is 0.323 e. The molecule has 0 amide bonds. The fourth-order valence-electron chi connectivity index (χ4n) is 3.74. The number of hydrogen-bond acceptors (Lipinski definition) is 6. The molecule has 0 aromatic heterocycles. The number of carbonyl (C=O) groups excluding carboxylic acids is 1. The Morgan fingerprint density at radius 2 is 1.96 bits per heavy atom. The Bertz CT molecular complexity index is 677. The molecule has 2 aliphatic heterocycles. The number of hydrogen-bond donors (Lipinski definition) is 0. The summed E-state index contributed by atoms with van der Waals surface area (Å²) in [6.45, 7) is 2.12. The van der Waals surface area contributed by atoms with Crippen molar-refractivity contribution in [3.63, 3.8) is 0 Å². The van der Waals surface area contributed by atoms with E-state index in [1.165, 1.54) is 13.4 Å². The molecule has 0 unspecified atom stereocenters. The van der Waals surface area contributed by atoms with Gasteiger partial charge in [-0.05, 0) is 12.0 Å². The van der Waals surface area contributed by atoms with E-state index in [9.17, 15) is 13.2 Å². The van der Waals surface area contributed by atoms with Gasteiger partial charge >= 0.3 is 5.97 Å². The number of methoxy groups -OCH3 is 1. The fourth-order valence-corrected chi connectivity index (χ4v) is 5.04. The molecule has 3 rings (SSSR count). The largest absolute Gasteiger partial charge is 0.468 e. The third-order valence-corrected chi connectivity index (χ3v) is 6.34. The van der Waals surface area contributed by atoms with Gasteiger partial charge in [-0.2, -0.15) is 0 Å². The highest BCUT2D eigenvalue weighted by molar-refractivity contribution is 7.91. The molecule has 2 fully saturated rings. The molecule has 1 aromatic rings. The van der Waals surface area contributed by atoms with Crippen LogP contribution in [-0.4, -0.2) is 68.1 Å². The summed E-state index contributed by atoms with van der Waals surface area (Å²) < 4.78 is 29.3. The van der Waals surface area contributed by atoms with Gasteiger partial charge in [-0.1, -0.05) is 30.3 Å². The van der Waals surface area contributed by atoms with E-state index < -0.39 is 21.1 Å². The minimum absolute atomic E-state index is 0.255. The van der Waals surface area contributed by atoms with Gasteiger partial charge in [-0.15, -0.1) is 0 Å². The molecular formula is C16H22N2O4S. The van der Waals surface area contributed by atoms with Gasteiger partial charge in [0.2, 0.25) is 0 Å². The van der Waals surface area contributed by atoms with Crippen LogP contribution in [-0.2, 0) is 25.9 Å². The summed E-state index contributed by atoms with van der Waals surface area (Å²) in [5, 5.41) is -0.558. The number of benzene rings is 1. The molecule has 0 bridgehead atoms. The summed E-state index contributed by atoms with van der Waals surface area (Å²) in [7, 11) is -1.90. The normalized spacial score (nSPS) is 28.7. The van der Waals surface area contributed by atoms with Crippen LogP contribution in [0.5, 0.6) is 0 Å². The second-order valence-electron chi connectivity index (χ2n) is 6.25. The standard InChI is InChI=1S/C16H22N2O4S/c1-22-16(19)13-10-14(23(2,20)21)15-17(8-9-18(13)15)11-12-6-4-3-5-7-12/h3-7,13-15H,8-11H2,1-2H3/t13-,14-,15-/m0/s1. The maximum Gasteiger partial charge on any atom is 0.323 e. The lowest BCUT2D eigenvalue weighted by Crippen LogP contribution is -2.45. The Kier molecular flexibility index (Phi) is 4.44. The van der Waals surface area contributed by atoms with Crippen LogP contribution >= 0.6 is 0 Å². The molecule has 126 valence electrons. The zero-order valence-electron chi connectivity index (χ0n) is 13.4. The van der Waals surface area contributed by atoms with Crippen molar-refractivity contribution < 1.29 is 17.9 Å². The monoisotopic (exact) mass is 338 g/mol. The predicted octanol–water partition coefficient (Wildman–Crippen LogP) is 0.489. The van der Waals surface area contributed by atoms with E-state index in [4.69, 9.17) is 4.74 Å². The van der Waals surface area contributed by atoms with E-state index in [1.807, 2.05) is 35.2 Å². The molecule has 6 nitrogen and oxygen atoms in total. The van der Waals surface area contributed by atoms with Crippen LogP contribution in [0.4, 0.5) is 0 Å². The minimum Gasteiger partial charge on any atom is -0.468 e. The van der Waals surface area contributed by atoms with Gasteiger partial charge in [0.05, 0.1) is 18.5 Å². The highest BCUT2D eigenvalue weighted by Gasteiger charge is 2.54. The molecule has 2 heterocycles. The van der Waals surface area contributed by atoms with Crippen LogP contribution in [0, 0.1) is 0 Å². The predicted molar refractivity (Wildman–Crippen MR) is 86.4 cm³/mol. The van der Waals surface area contributed by atoms with Crippen molar-refractivity contribution >= 4 is 15.8 Å². The van der Waals surface area contributed by atoms with Gasteiger partial charge in [-0.25, -0.2) is 8.42 Å². The van der Waals surface area contributed by atoms with Gasteiger partial charge in [0, 0.05) is 25.9 Å². The van der Waals surface area contributed by atoms with E-state index in [-0.39, 0.29) is 12.1 Å². The van der Waals surface area contributed by atoms with E-state index in [0.29, 0.717) is 19.5 Å². The molecule has 0 spiro atoms. The Morgan fingerprint density at radius 3 is 2.57 bits per heavy atom. The number of carbonyl (C=O) groups is 1. The van der Waals surface area contributed by atoms with Gasteiger partial charge in [-0.3, -0.25) is 14.6 Å². The summed E-state index contributed by atoms with van der Waals surface area (Å²) >= 11 is 0. The Labute approximate surface area is 136 Å². The molecule has 0 aliphatic carbocycles. The van der Waals surface area contributed by atoms with Crippen molar-refractivity contribution in [1.29, 1.82) is 0 Å². The Morgan fingerprint density at radius 1 is 1.26 bits per heavy atom. The minimum atomic E-state index is -3.25. The van der Waals surface area contributed by atoms with E-state index >= 15 is 0 Å². The maximum atomic E-state index is 12.2. The van der Waals surface area contributed by atoms with Crippen LogP contribution in [0.3, 0.4) is 0 Å². The SMILES string of the molecule is COC(=O)[C@@H]1C[C@H](S(C)(=O)=O)[C@H]2N(Cc3ccccc3)CCN12. The van der Waals surface area contributed by atoms with Gasteiger partial charge in [0.25, 0.3) is 0 Å². The number of sulfone groups is 1. The van der Waals surface area contributed by atoms with Crippen molar-refractivity contribution in [2.75, 3.05) is 26.5 Å². The maximum absolute atomic E-state index is 12.2. The number of rotatable bonds is 4. The van der Waals surface area contributed by atoms with Crippen LogP contribution in [0.25, 0.3) is 0 Å². The summed E-state index contributed by atoms with van der Waals surface area (Å²) in [6, 6.07) is 9.51. The second kappa shape index (κ2) is 6.22. The van der Waals surface area contributed by atoms with Gasteiger partial charge in [0.1, 0.15) is 6.04 Å². The van der Waals surface area contributed by atoms with E-state index in [2.05, 4.69) is 4.90 Å². The van der Waals surface area contributed by atoms with Crippen molar-refractivity contribution in [2.24, 2.45) is 0 Å². The molecule has 23 heavy (non-hydrogen) atoms. The first-order valence-corrected chi connectivity index (χ1v) is 9.67. The lowest BCUT2D eigenvalue weighted by atomic mass is 10.2. The van der Waals surface area contributed by atoms with E-state index in [1.54, 1.807) is 0 Å². The van der Waals surface area contributed by atoms with Gasteiger partial charge < -0.3 is 4.74 Å². The zero-order chi connectivity index (χ0) is 16.6. The van der Waals surface area contributed by atoms with Crippen molar-refractivity contribution in [1.82, 2.24) is 9.80 Å². The average molecular weight is 338 g/mol. The average Bonchev–Trinajstić information content (AvgIpc) is 3.08. The summed E-state index contributed by atoms with van der Waals surface area (Å²) in [5.74, 6) is -0.345. The molecule has 0 N–H and O–H groups in total. The van der Waals surface area contributed by atoms with Crippen LogP contribution in [0.15, 0.2) is 30.3 Å². The summed E-state index contributed by atoms with van der Waals surface area (Å²) in [6.07, 6.45) is 1.31. The molecule has 3 atom stereocenters. The fraction of sp³-hybridized carbons (Fsp3) is 0.562. The lowest BCUT2D eigenvalue weighted by molar-refractivity contribution is -0.146. The van der Waals surface area contributed by atoms with E-state index in [0.717, 1.165) is 12.1 Å². The molecule has 0 saturated carbocycles. The molecule has 7 heteroatoms. The lowest BCUT2D eigenvalue weighted by Gasteiger charge is -2.29. The van der Waals surface area contributed by atoms with Crippen molar-refractivity contribution in [3.8, 4) is 0 Å². The third kappa shape index (κ3) is 3.13. The van der Waals surface area contributed by atoms with Crippen LogP contribution in [0.2, 0.25) is 0 Å². The number of esters is 1. The zero-order valence-corrected chi connectivity index (χ0v) is 14.2. The highest BCUT2D eigenvalue weighted by Crippen LogP contribution is 2.36. The van der Waals surface area contributed by atoms with Crippen molar-refractivity contribution in [3.05, 3.63) is 35.9 Å². The second-order valence-corrected chi connectivity index (χ2v) is 8.51. The van der Waals surface area contributed by atoms with Crippen molar-refractivity contribution in [2.45, 2.75) is 30.4 Å². The van der Waals surface area contributed by atoms with Crippen LogP contribution < -0.4 is 0 Å². The summed E-state index contributed by atoms with van der Waals surface area (Å²) in [4.78, 5) is 16.2. The first-order valence-electron chi connectivity index (χ1n) is 7.72. The molecule has 2 aliphatic rings. The summed E-state index contributed by atoms with van der Waals surface area (Å²) in [5.41, 5.74) is 1.14. The molecule has 2 saturated heterocycles. The topological polar surface area (TPSA) is 66.9 Å². The first-order chi connectivity index (χ1) is 10.9. The molecule has 1 aromatic carbocycles. The first kappa shape index (κ1) is 16.4. The number of ether oxygens (including phenoxy) is 1. The quantitative estimate of drug-likeness (QED) is 0.745. The number of fused-ring (bicyclic) bond motifs is 1. The number of nitrogens with zero attached hydrogens (tertiary/aromatic N) is 2. The highest BCUT2D eigenvalue weighted by atomic mass is 32.2. The third-order valence-electron chi connectivity index (χ3n) is 4.80. The molecule has 0 radical (unpaired) electrons. The van der Waals surface area contributed by atoms with Crippen LogP contribution in [0.1, 0.15) is 12.0 Å². The molecular weight excluding hydrogens is 316 g/mol. The Balaban J connectivity index is 1.87.